The highest BCUT2D eigenvalue weighted by molar-refractivity contribution is 4.73. The van der Waals surface area contributed by atoms with E-state index in [0.717, 1.165) is 13.2 Å². The van der Waals surface area contributed by atoms with Crippen molar-refractivity contribution in [1.29, 1.82) is 0 Å². The summed E-state index contributed by atoms with van der Waals surface area (Å²) in [5.74, 6) is 0.653. The fraction of sp³-hybridized carbons (Fsp3) is 1.00. The van der Waals surface area contributed by atoms with E-state index in [1.807, 2.05) is 0 Å². The molecule has 0 bridgehead atoms. The molecule has 0 aliphatic carbocycles. The molecule has 1 saturated heterocycles. The Morgan fingerprint density at radius 2 is 2.50 bits per heavy atom. The van der Waals surface area contributed by atoms with Gasteiger partial charge in [0.25, 0.3) is 0 Å². The Kier molecular flexibility index (Phi) is 1.86. The van der Waals surface area contributed by atoms with E-state index in [-0.39, 0.29) is 0 Å². The second kappa shape index (κ2) is 2.46. The highest BCUT2D eigenvalue weighted by atomic mass is 16.5. The van der Waals surface area contributed by atoms with Gasteiger partial charge in [-0.1, -0.05) is 0 Å². The summed E-state index contributed by atoms with van der Waals surface area (Å²) in [6.07, 6.45) is 0.426. The van der Waals surface area contributed by atoms with Crippen molar-refractivity contribution in [2.45, 2.75) is 13.0 Å². The van der Waals surface area contributed by atoms with Gasteiger partial charge in [0.2, 0.25) is 0 Å². The van der Waals surface area contributed by atoms with Crippen LogP contribution in [0.3, 0.4) is 0 Å². The number of ether oxygens (including phenoxy) is 2. The standard InChI is InChI=1S/C6H12O2/c1-5-6(3-7-2)4-8-5/h5-6H,3-4H2,1-2H3. The summed E-state index contributed by atoms with van der Waals surface area (Å²) in [5, 5.41) is 0. The minimum Gasteiger partial charge on any atom is -0.384 e. The molecule has 1 rings (SSSR count). The molecule has 0 aromatic carbocycles. The average molecular weight is 116 g/mol. The van der Waals surface area contributed by atoms with Crippen LogP contribution in [-0.4, -0.2) is 26.4 Å². The molecule has 1 fully saturated rings. The molecule has 0 spiro atoms. The molecule has 0 saturated carbocycles. The van der Waals surface area contributed by atoms with Crippen molar-refractivity contribution in [3.05, 3.63) is 0 Å². The molecular weight excluding hydrogens is 104 g/mol. The smallest absolute Gasteiger partial charge is 0.0619 e. The summed E-state index contributed by atoms with van der Waals surface area (Å²) in [7, 11) is 1.73. The van der Waals surface area contributed by atoms with Crippen LogP contribution in [0, 0.1) is 5.92 Å². The molecule has 0 aromatic heterocycles. The van der Waals surface area contributed by atoms with Gasteiger partial charge in [-0.05, 0) is 6.92 Å². The first kappa shape index (κ1) is 6.05. The van der Waals surface area contributed by atoms with Crippen molar-refractivity contribution >= 4 is 0 Å². The Balaban J connectivity index is 2.08. The van der Waals surface area contributed by atoms with Crippen LogP contribution in [0.5, 0.6) is 0 Å². The van der Waals surface area contributed by atoms with E-state index < -0.39 is 0 Å². The first-order chi connectivity index (χ1) is 3.84. The summed E-state index contributed by atoms with van der Waals surface area (Å²) in [6.45, 7) is 3.81. The van der Waals surface area contributed by atoms with E-state index in [4.69, 9.17) is 9.47 Å². The largest absolute Gasteiger partial charge is 0.384 e. The lowest BCUT2D eigenvalue weighted by atomic mass is 10.0. The highest BCUT2D eigenvalue weighted by Gasteiger charge is 2.27. The van der Waals surface area contributed by atoms with Crippen molar-refractivity contribution in [1.82, 2.24) is 0 Å². The quantitative estimate of drug-likeness (QED) is 0.528. The van der Waals surface area contributed by atoms with Crippen LogP contribution < -0.4 is 0 Å². The molecule has 2 atom stereocenters. The minimum absolute atomic E-state index is 0.426. The second-order valence-corrected chi connectivity index (χ2v) is 2.25. The zero-order valence-corrected chi connectivity index (χ0v) is 5.39. The Morgan fingerprint density at radius 3 is 2.62 bits per heavy atom. The van der Waals surface area contributed by atoms with Crippen LogP contribution in [0.15, 0.2) is 0 Å². The molecule has 1 aliphatic rings. The maximum Gasteiger partial charge on any atom is 0.0619 e. The first-order valence-corrected chi connectivity index (χ1v) is 2.95. The second-order valence-electron chi connectivity index (χ2n) is 2.25. The number of rotatable bonds is 2. The SMILES string of the molecule is COCC1COC1C. The molecule has 0 amide bonds. The molecule has 1 aliphatic heterocycles. The van der Waals surface area contributed by atoms with E-state index in [9.17, 15) is 0 Å². The third-order valence-electron chi connectivity index (χ3n) is 1.62. The molecule has 1 heterocycles. The van der Waals surface area contributed by atoms with Crippen molar-refractivity contribution in [2.24, 2.45) is 5.92 Å². The van der Waals surface area contributed by atoms with Crippen molar-refractivity contribution in [3.8, 4) is 0 Å². The molecule has 48 valence electrons. The number of hydrogen-bond donors (Lipinski definition) is 0. The van der Waals surface area contributed by atoms with Gasteiger partial charge in [-0.2, -0.15) is 0 Å². The van der Waals surface area contributed by atoms with Crippen LogP contribution in [0.1, 0.15) is 6.92 Å². The average Bonchev–Trinajstić information content (AvgIpc) is 1.79. The van der Waals surface area contributed by atoms with Crippen molar-refractivity contribution < 1.29 is 9.47 Å². The van der Waals surface area contributed by atoms with Gasteiger partial charge in [0.1, 0.15) is 0 Å². The van der Waals surface area contributed by atoms with Gasteiger partial charge in [-0.3, -0.25) is 0 Å². The molecule has 2 unspecified atom stereocenters. The van der Waals surface area contributed by atoms with Crippen LogP contribution in [-0.2, 0) is 9.47 Å². The molecule has 2 nitrogen and oxygen atoms in total. The van der Waals surface area contributed by atoms with Gasteiger partial charge in [0, 0.05) is 13.0 Å². The Morgan fingerprint density at radius 1 is 1.75 bits per heavy atom. The summed E-state index contributed by atoms with van der Waals surface area (Å²) in [6, 6.07) is 0. The Labute approximate surface area is 49.8 Å². The number of hydrogen-bond acceptors (Lipinski definition) is 2. The molecule has 0 N–H and O–H groups in total. The van der Waals surface area contributed by atoms with Gasteiger partial charge >= 0.3 is 0 Å². The summed E-state index contributed by atoms with van der Waals surface area (Å²) in [4.78, 5) is 0. The van der Waals surface area contributed by atoms with Gasteiger partial charge < -0.3 is 9.47 Å². The normalized spacial score (nSPS) is 36.8. The highest BCUT2D eigenvalue weighted by Crippen LogP contribution is 2.18. The van der Waals surface area contributed by atoms with Gasteiger partial charge in [0.15, 0.2) is 0 Å². The molecule has 0 radical (unpaired) electrons. The lowest BCUT2D eigenvalue weighted by Crippen LogP contribution is -2.39. The monoisotopic (exact) mass is 116 g/mol. The topological polar surface area (TPSA) is 18.5 Å². The van der Waals surface area contributed by atoms with E-state index >= 15 is 0 Å². The Bertz CT molecular complexity index is 72.9. The van der Waals surface area contributed by atoms with E-state index in [2.05, 4.69) is 6.92 Å². The van der Waals surface area contributed by atoms with Gasteiger partial charge in [-0.25, -0.2) is 0 Å². The molecule has 8 heavy (non-hydrogen) atoms. The lowest BCUT2D eigenvalue weighted by molar-refractivity contribution is -0.125. The zero-order valence-electron chi connectivity index (χ0n) is 5.39. The third kappa shape index (κ3) is 1.01. The zero-order chi connectivity index (χ0) is 5.98. The predicted octanol–water partition coefficient (Wildman–Crippen LogP) is 0.668. The minimum atomic E-state index is 0.426. The summed E-state index contributed by atoms with van der Waals surface area (Å²) < 4.78 is 10.1. The van der Waals surface area contributed by atoms with E-state index in [1.54, 1.807) is 7.11 Å². The van der Waals surface area contributed by atoms with Gasteiger partial charge in [-0.15, -0.1) is 0 Å². The van der Waals surface area contributed by atoms with Crippen LogP contribution in [0.4, 0.5) is 0 Å². The number of methoxy groups -OCH3 is 1. The predicted molar refractivity (Wildman–Crippen MR) is 30.8 cm³/mol. The van der Waals surface area contributed by atoms with Crippen molar-refractivity contribution in [3.63, 3.8) is 0 Å². The van der Waals surface area contributed by atoms with E-state index in [0.29, 0.717) is 12.0 Å². The van der Waals surface area contributed by atoms with Crippen LogP contribution >= 0.6 is 0 Å². The first-order valence-electron chi connectivity index (χ1n) is 2.95. The third-order valence-corrected chi connectivity index (χ3v) is 1.62. The van der Waals surface area contributed by atoms with Crippen LogP contribution in [0.2, 0.25) is 0 Å². The summed E-state index contributed by atoms with van der Waals surface area (Å²) in [5.41, 5.74) is 0. The molecule has 2 heteroatoms. The van der Waals surface area contributed by atoms with Crippen molar-refractivity contribution in [2.75, 3.05) is 20.3 Å². The maximum absolute atomic E-state index is 5.12. The molecule has 0 aromatic rings. The van der Waals surface area contributed by atoms with Crippen LogP contribution in [0.25, 0.3) is 0 Å². The summed E-state index contributed by atoms with van der Waals surface area (Å²) >= 11 is 0. The maximum atomic E-state index is 5.12. The van der Waals surface area contributed by atoms with Gasteiger partial charge in [0.05, 0.1) is 19.3 Å². The lowest BCUT2D eigenvalue weighted by Gasteiger charge is -2.33. The fourth-order valence-corrected chi connectivity index (χ4v) is 0.822. The Hall–Kier alpha value is -0.0800. The fourth-order valence-electron chi connectivity index (χ4n) is 0.822. The van der Waals surface area contributed by atoms with E-state index in [1.165, 1.54) is 0 Å². The molecular formula is C6H12O2.